The summed E-state index contributed by atoms with van der Waals surface area (Å²) in [5.41, 5.74) is 4.36. The van der Waals surface area contributed by atoms with Gasteiger partial charge in [0.25, 0.3) is 0 Å². The number of para-hydroxylation sites is 1. The molecular formula is C14H10N2O. The van der Waals surface area contributed by atoms with Crippen molar-refractivity contribution in [2.45, 2.75) is 0 Å². The molecule has 0 radical (unpaired) electrons. The van der Waals surface area contributed by atoms with Gasteiger partial charge in [-0.3, -0.25) is 9.79 Å². The van der Waals surface area contributed by atoms with Gasteiger partial charge in [0.2, 0.25) is 5.91 Å². The molecule has 0 aliphatic carbocycles. The molecule has 3 heteroatoms. The van der Waals surface area contributed by atoms with Gasteiger partial charge in [-0.1, -0.05) is 30.4 Å². The molecule has 1 unspecified atom stereocenters. The lowest BCUT2D eigenvalue weighted by atomic mass is 9.85. The highest BCUT2D eigenvalue weighted by Gasteiger charge is 2.38. The van der Waals surface area contributed by atoms with E-state index in [2.05, 4.69) is 17.1 Å². The first kappa shape index (κ1) is 8.93. The minimum absolute atomic E-state index is 0.141. The number of benzene rings is 1. The fourth-order valence-electron chi connectivity index (χ4n) is 2.78. The zero-order valence-electron chi connectivity index (χ0n) is 9.13. The van der Waals surface area contributed by atoms with Crippen molar-refractivity contribution in [2.24, 2.45) is 10.9 Å². The van der Waals surface area contributed by atoms with Crippen molar-refractivity contribution < 1.29 is 4.79 Å². The average Bonchev–Trinajstić information content (AvgIpc) is 2.85. The van der Waals surface area contributed by atoms with Crippen LogP contribution in [0.15, 0.2) is 35.5 Å². The third kappa shape index (κ3) is 1.01. The molecule has 0 N–H and O–H groups in total. The van der Waals surface area contributed by atoms with Crippen LogP contribution in [0.2, 0.25) is 0 Å². The minimum atomic E-state index is -0.177. The maximum absolute atomic E-state index is 12.3. The summed E-state index contributed by atoms with van der Waals surface area (Å²) in [6.45, 7) is 0.667. The van der Waals surface area contributed by atoms with Crippen molar-refractivity contribution >= 4 is 29.5 Å². The van der Waals surface area contributed by atoms with Gasteiger partial charge in [-0.2, -0.15) is 0 Å². The van der Waals surface area contributed by atoms with Gasteiger partial charge in [0.05, 0.1) is 5.69 Å². The highest BCUT2D eigenvalue weighted by Crippen LogP contribution is 2.43. The topological polar surface area (TPSA) is 32.7 Å². The van der Waals surface area contributed by atoms with Crippen LogP contribution in [0.5, 0.6) is 0 Å². The first-order chi connectivity index (χ1) is 8.36. The van der Waals surface area contributed by atoms with Gasteiger partial charge in [0, 0.05) is 24.5 Å². The van der Waals surface area contributed by atoms with E-state index >= 15 is 0 Å². The Morgan fingerprint density at radius 1 is 1.35 bits per heavy atom. The van der Waals surface area contributed by atoms with Crippen molar-refractivity contribution in [2.75, 3.05) is 11.4 Å². The summed E-state index contributed by atoms with van der Waals surface area (Å²) in [5, 5.41) is 0. The molecule has 1 atom stereocenters. The first-order valence-corrected chi connectivity index (χ1v) is 5.71. The number of amides is 1. The lowest BCUT2D eigenvalue weighted by molar-refractivity contribution is -0.119. The summed E-state index contributed by atoms with van der Waals surface area (Å²) < 4.78 is 0. The van der Waals surface area contributed by atoms with E-state index < -0.39 is 0 Å². The third-order valence-corrected chi connectivity index (χ3v) is 3.55. The maximum Gasteiger partial charge on any atom is 0.240 e. The number of rotatable bonds is 0. The van der Waals surface area contributed by atoms with E-state index in [-0.39, 0.29) is 11.8 Å². The number of carbonyl (C=O) groups excluding carboxylic acids is 1. The zero-order chi connectivity index (χ0) is 11.4. The molecule has 3 aliphatic heterocycles. The standard InChI is InChI=1S/C14H10N2O/c17-14-12-8-15-7-11(12)10-5-1-3-9-4-2-6-16(14)13(9)10/h1-5,7-8,12H,6H2. The second-order valence-electron chi connectivity index (χ2n) is 4.45. The Bertz CT molecular complexity index is 625. The molecule has 0 aromatic heterocycles. The molecule has 0 saturated heterocycles. The Hall–Kier alpha value is -2.16. The second kappa shape index (κ2) is 2.94. The fourth-order valence-corrected chi connectivity index (χ4v) is 2.78. The van der Waals surface area contributed by atoms with Crippen LogP contribution in [0.25, 0.3) is 11.6 Å². The molecule has 0 saturated carbocycles. The Labute approximate surface area is 98.8 Å². The molecule has 82 valence electrons. The summed E-state index contributed by atoms with van der Waals surface area (Å²) in [7, 11) is 0. The van der Waals surface area contributed by atoms with Gasteiger partial charge < -0.3 is 4.90 Å². The highest BCUT2D eigenvalue weighted by molar-refractivity contribution is 6.19. The van der Waals surface area contributed by atoms with E-state index in [9.17, 15) is 4.79 Å². The van der Waals surface area contributed by atoms with Gasteiger partial charge in [-0.05, 0) is 11.1 Å². The van der Waals surface area contributed by atoms with Crippen LogP contribution in [0.1, 0.15) is 11.1 Å². The van der Waals surface area contributed by atoms with Gasteiger partial charge in [0.15, 0.2) is 0 Å². The van der Waals surface area contributed by atoms with E-state index in [1.807, 2.05) is 29.3 Å². The number of nitrogens with zero attached hydrogens (tertiary/aromatic N) is 2. The minimum Gasteiger partial charge on any atom is -0.307 e. The third-order valence-electron chi connectivity index (χ3n) is 3.55. The van der Waals surface area contributed by atoms with Crippen LogP contribution in [0.4, 0.5) is 5.69 Å². The second-order valence-corrected chi connectivity index (χ2v) is 4.45. The van der Waals surface area contributed by atoms with E-state index in [1.165, 1.54) is 0 Å². The van der Waals surface area contributed by atoms with Crippen molar-refractivity contribution in [3.8, 4) is 0 Å². The summed E-state index contributed by atoms with van der Waals surface area (Å²) in [6.07, 6.45) is 7.67. The zero-order valence-corrected chi connectivity index (χ0v) is 9.13. The van der Waals surface area contributed by atoms with Crippen LogP contribution in [0.3, 0.4) is 0 Å². The normalized spacial score (nSPS) is 23.5. The van der Waals surface area contributed by atoms with Gasteiger partial charge >= 0.3 is 0 Å². The van der Waals surface area contributed by atoms with Crippen LogP contribution < -0.4 is 4.90 Å². The number of aliphatic imine (C=N–C) groups is 1. The van der Waals surface area contributed by atoms with Crippen LogP contribution >= 0.6 is 0 Å². The Morgan fingerprint density at radius 3 is 3.24 bits per heavy atom. The fraction of sp³-hybridized carbons (Fsp3) is 0.143. The Kier molecular flexibility index (Phi) is 1.55. The molecule has 3 heterocycles. The number of hydrogen-bond donors (Lipinski definition) is 0. The Balaban J connectivity index is 2.06. The van der Waals surface area contributed by atoms with E-state index in [0.717, 1.165) is 22.4 Å². The number of anilines is 1. The molecule has 0 spiro atoms. The molecule has 1 aromatic rings. The predicted octanol–water partition coefficient (Wildman–Crippen LogP) is 2.10. The molecule has 1 amide bonds. The van der Waals surface area contributed by atoms with E-state index in [0.29, 0.717) is 6.54 Å². The van der Waals surface area contributed by atoms with Crippen LogP contribution in [-0.2, 0) is 4.79 Å². The largest absolute Gasteiger partial charge is 0.307 e. The molecule has 3 nitrogen and oxygen atoms in total. The van der Waals surface area contributed by atoms with Crippen molar-refractivity contribution in [3.05, 3.63) is 41.6 Å². The molecule has 17 heavy (non-hydrogen) atoms. The lowest BCUT2D eigenvalue weighted by Crippen LogP contribution is -2.42. The molecule has 0 fully saturated rings. The van der Waals surface area contributed by atoms with Crippen molar-refractivity contribution in [3.63, 3.8) is 0 Å². The number of hydrogen-bond acceptors (Lipinski definition) is 2. The van der Waals surface area contributed by atoms with E-state index in [4.69, 9.17) is 0 Å². The molecule has 0 bridgehead atoms. The van der Waals surface area contributed by atoms with Gasteiger partial charge in [-0.15, -0.1) is 0 Å². The SMILES string of the molecule is O=C1C2C=NC=C2c2cccc3c2N1CC=C3. The summed E-state index contributed by atoms with van der Waals surface area (Å²) in [4.78, 5) is 18.4. The molecule has 3 aliphatic rings. The van der Waals surface area contributed by atoms with Crippen molar-refractivity contribution in [1.29, 1.82) is 0 Å². The average molecular weight is 222 g/mol. The van der Waals surface area contributed by atoms with E-state index in [1.54, 1.807) is 6.21 Å². The number of carbonyl (C=O) groups is 1. The van der Waals surface area contributed by atoms with Gasteiger partial charge in [-0.25, -0.2) is 0 Å². The lowest BCUT2D eigenvalue weighted by Gasteiger charge is -2.35. The smallest absolute Gasteiger partial charge is 0.240 e. The molecule has 1 aromatic carbocycles. The van der Waals surface area contributed by atoms with Crippen LogP contribution in [0, 0.1) is 5.92 Å². The summed E-state index contributed by atoms with van der Waals surface area (Å²) >= 11 is 0. The monoisotopic (exact) mass is 222 g/mol. The Morgan fingerprint density at radius 2 is 2.29 bits per heavy atom. The maximum atomic E-state index is 12.3. The highest BCUT2D eigenvalue weighted by atomic mass is 16.2. The van der Waals surface area contributed by atoms with Crippen LogP contribution in [-0.4, -0.2) is 18.7 Å². The summed E-state index contributed by atoms with van der Waals surface area (Å²) in [5.74, 6) is -0.0361. The summed E-state index contributed by atoms with van der Waals surface area (Å²) in [6, 6.07) is 6.16. The van der Waals surface area contributed by atoms with Crippen molar-refractivity contribution in [1.82, 2.24) is 0 Å². The molecule has 4 rings (SSSR count). The quantitative estimate of drug-likeness (QED) is 0.661. The van der Waals surface area contributed by atoms with Gasteiger partial charge in [0.1, 0.15) is 5.92 Å². The first-order valence-electron chi connectivity index (χ1n) is 5.71. The predicted molar refractivity (Wildman–Crippen MR) is 67.8 cm³/mol. The molecular weight excluding hydrogens is 212 g/mol. The number of fused-ring (bicyclic) bond motifs is 2.